The summed E-state index contributed by atoms with van der Waals surface area (Å²) >= 11 is 0. The van der Waals surface area contributed by atoms with Gasteiger partial charge in [0.2, 0.25) is 20.0 Å². The third-order valence-electron chi connectivity index (χ3n) is 5.85. The van der Waals surface area contributed by atoms with Crippen LogP contribution in [0.5, 0.6) is 0 Å². The fourth-order valence-electron chi connectivity index (χ4n) is 3.88. The van der Waals surface area contributed by atoms with Crippen LogP contribution in [-0.2, 0) is 20.0 Å². The largest absolute Gasteiger partial charge is 0.243 e. The lowest BCUT2D eigenvalue weighted by atomic mass is 9.78. The second kappa shape index (κ2) is 7.58. The van der Waals surface area contributed by atoms with E-state index in [0.29, 0.717) is 19.0 Å². The zero-order valence-electron chi connectivity index (χ0n) is 15.4. The lowest BCUT2D eigenvalue weighted by molar-refractivity contribution is 0.227. The molecule has 26 heavy (non-hydrogen) atoms. The average molecular weight is 401 g/mol. The maximum Gasteiger partial charge on any atom is 0.243 e. The molecule has 1 aliphatic carbocycles. The van der Waals surface area contributed by atoms with Crippen molar-refractivity contribution in [3.63, 3.8) is 0 Å². The van der Waals surface area contributed by atoms with E-state index in [1.807, 2.05) is 0 Å². The predicted octanol–water partition coefficient (Wildman–Crippen LogP) is 2.57. The van der Waals surface area contributed by atoms with E-state index in [4.69, 9.17) is 0 Å². The van der Waals surface area contributed by atoms with Gasteiger partial charge in [-0.05, 0) is 55.4 Å². The molecule has 1 saturated heterocycles. The van der Waals surface area contributed by atoms with Gasteiger partial charge in [-0.1, -0.05) is 26.7 Å². The van der Waals surface area contributed by atoms with E-state index in [1.54, 1.807) is 0 Å². The molecule has 0 bridgehead atoms. The molecule has 0 spiro atoms. The lowest BCUT2D eigenvalue weighted by Gasteiger charge is -2.34. The van der Waals surface area contributed by atoms with E-state index < -0.39 is 20.0 Å². The van der Waals surface area contributed by atoms with Crippen molar-refractivity contribution < 1.29 is 16.8 Å². The third kappa shape index (κ3) is 3.98. The number of benzene rings is 1. The van der Waals surface area contributed by atoms with Gasteiger partial charge in [0.1, 0.15) is 0 Å². The van der Waals surface area contributed by atoms with Crippen LogP contribution in [0.3, 0.4) is 0 Å². The summed E-state index contributed by atoms with van der Waals surface area (Å²) in [4.78, 5) is 0.265. The van der Waals surface area contributed by atoms with Gasteiger partial charge in [-0.15, -0.1) is 0 Å². The van der Waals surface area contributed by atoms with E-state index in [-0.39, 0.29) is 21.8 Å². The van der Waals surface area contributed by atoms with Crippen molar-refractivity contribution in [2.24, 2.45) is 11.8 Å². The summed E-state index contributed by atoms with van der Waals surface area (Å²) in [6.07, 6.45) is 4.72. The Hall–Kier alpha value is -0.960. The van der Waals surface area contributed by atoms with Crippen LogP contribution in [0, 0.1) is 11.8 Å². The Kier molecular flexibility index (Phi) is 5.77. The highest BCUT2D eigenvalue weighted by Gasteiger charge is 2.31. The van der Waals surface area contributed by atoms with Gasteiger partial charge < -0.3 is 0 Å². The van der Waals surface area contributed by atoms with Crippen LogP contribution in [0.2, 0.25) is 0 Å². The first kappa shape index (κ1) is 19.8. The first-order chi connectivity index (χ1) is 12.2. The van der Waals surface area contributed by atoms with Gasteiger partial charge in [-0.25, -0.2) is 21.6 Å². The summed E-state index contributed by atoms with van der Waals surface area (Å²) < 4.78 is 54.8. The molecule has 3 rings (SSSR count). The summed E-state index contributed by atoms with van der Waals surface area (Å²) in [6, 6.07) is 5.51. The minimum absolute atomic E-state index is 0.0724. The Morgan fingerprint density at radius 1 is 0.885 bits per heavy atom. The van der Waals surface area contributed by atoms with E-state index in [1.165, 1.54) is 28.6 Å². The van der Waals surface area contributed by atoms with Crippen LogP contribution in [0.1, 0.15) is 46.0 Å². The summed E-state index contributed by atoms with van der Waals surface area (Å²) in [5.74, 6) is 0.776. The molecule has 2 aliphatic rings. The number of rotatable bonds is 5. The molecular weight excluding hydrogens is 372 g/mol. The molecule has 146 valence electrons. The zero-order valence-corrected chi connectivity index (χ0v) is 17.0. The van der Waals surface area contributed by atoms with E-state index in [0.717, 1.165) is 32.1 Å². The molecule has 3 atom stereocenters. The van der Waals surface area contributed by atoms with E-state index in [2.05, 4.69) is 18.6 Å². The predicted molar refractivity (Wildman–Crippen MR) is 101 cm³/mol. The summed E-state index contributed by atoms with van der Waals surface area (Å²) in [7, 11) is -7.18. The summed E-state index contributed by atoms with van der Waals surface area (Å²) in [6.45, 7) is 5.30. The van der Waals surface area contributed by atoms with E-state index >= 15 is 0 Å². The standard InChI is InChI=1S/C18H28N2O4S2/c1-14-6-5-7-18(15(14)2)19-25(21,22)16-8-10-17(11-9-16)26(23,24)20-12-3-4-13-20/h8-11,14-15,18-19H,3-7,12-13H2,1-2H3/t14-,15+,18-/m0/s1. The maximum absolute atomic E-state index is 12.7. The Balaban J connectivity index is 1.77. The van der Waals surface area contributed by atoms with Gasteiger partial charge in [-0.3, -0.25) is 0 Å². The van der Waals surface area contributed by atoms with Gasteiger partial charge in [0, 0.05) is 19.1 Å². The minimum atomic E-state index is -3.66. The summed E-state index contributed by atoms with van der Waals surface area (Å²) in [5, 5.41) is 0. The van der Waals surface area contributed by atoms with Crippen LogP contribution in [0.25, 0.3) is 0 Å². The monoisotopic (exact) mass is 400 g/mol. The Bertz CT molecular complexity index is 828. The average Bonchev–Trinajstić information content (AvgIpc) is 3.14. The van der Waals surface area contributed by atoms with Crippen LogP contribution in [0.15, 0.2) is 34.1 Å². The van der Waals surface area contributed by atoms with Crippen molar-refractivity contribution in [2.75, 3.05) is 13.1 Å². The van der Waals surface area contributed by atoms with Crippen molar-refractivity contribution in [1.29, 1.82) is 0 Å². The molecular formula is C18H28N2O4S2. The molecule has 6 nitrogen and oxygen atoms in total. The normalized spacial score (nSPS) is 28.3. The van der Waals surface area contributed by atoms with Crippen LogP contribution in [0.4, 0.5) is 0 Å². The highest BCUT2D eigenvalue weighted by atomic mass is 32.2. The molecule has 0 aromatic heterocycles. The number of hydrogen-bond donors (Lipinski definition) is 1. The highest BCUT2D eigenvalue weighted by molar-refractivity contribution is 7.89. The van der Waals surface area contributed by atoms with Crippen molar-refractivity contribution in [1.82, 2.24) is 9.03 Å². The first-order valence-electron chi connectivity index (χ1n) is 9.34. The third-order valence-corrected chi connectivity index (χ3v) is 9.27. The summed E-state index contributed by atoms with van der Waals surface area (Å²) in [5.41, 5.74) is 0. The number of hydrogen-bond acceptors (Lipinski definition) is 4. The van der Waals surface area contributed by atoms with Crippen LogP contribution >= 0.6 is 0 Å². The van der Waals surface area contributed by atoms with Crippen LogP contribution in [-0.4, -0.2) is 40.3 Å². The van der Waals surface area contributed by atoms with Gasteiger partial charge >= 0.3 is 0 Å². The fraction of sp³-hybridized carbons (Fsp3) is 0.667. The minimum Gasteiger partial charge on any atom is -0.208 e. The second-order valence-corrected chi connectivity index (χ2v) is 11.2. The Morgan fingerprint density at radius 2 is 1.46 bits per heavy atom. The Morgan fingerprint density at radius 3 is 2.08 bits per heavy atom. The van der Waals surface area contributed by atoms with Crippen LogP contribution < -0.4 is 4.72 Å². The van der Waals surface area contributed by atoms with Crippen molar-refractivity contribution in [3.8, 4) is 0 Å². The van der Waals surface area contributed by atoms with Crippen molar-refractivity contribution >= 4 is 20.0 Å². The number of sulfonamides is 2. The van der Waals surface area contributed by atoms with Gasteiger partial charge in [0.25, 0.3) is 0 Å². The molecule has 1 saturated carbocycles. The quantitative estimate of drug-likeness (QED) is 0.823. The van der Waals surface area contributed by atoms with Gasteiger partial charge in [0.05, 0.1) is 9.79 Å². The van der Waals surface area contributed by atoms with Gasteiger partial charge in [-0.2, -0.15) is 4.31 Å². The first-order valence-corrected chi connectivity index (χ1v) is 12.3. The molecule has 1 aromatic carbocycles. The molecule has 1 aliphatic heterocycles. The number of nitrogens with one attached hydrogen (secondary N) is 1. The molecule has 2 fully saturated rings. The smallest absolute Gasteiger partial charge is 0.208 e. The fourth-order valence-corrected chi connectivity index (χ4v) is 6.76. The maximum atomic E-state index is 12.7. The SMILES string of the molecule is C[C@H]1[C@@H](NS(=O)(=O)c2ccc(S(=O)(=O)N3CCCC3)cc2)CCC[C@@H]1C. The second-order valence-electron chi connectivity index (χ2n) is 7.58. The topological polar surface area (TPSA) is 83.5 Å². The molecule has 1 heterocycles. The van der Waals surface area contributed by atoms with Crippen molar-refractivity contribution in [2.45, 2.75) is 61.8 Å². The lowest BCUT2D eigenvalue weighted by Crippen LogP contribution is -2.43. The van der Waals surface area contributed by atoms with E-state index in [9.17, 15) is 16.8 Å². The molecule has 0 radical (unpaired) electrons. The zero-order chi connectivity index (χ0) is 18.9. The molecule has 1 aromatic rings. The Labute approximate surface area is 157 Å². The highest BCUT2D eigenvalue weighted by Crippen LogP contribution is 2.30. The molecule has 0 amide bonds. The van der Waals surface area contributed by atoms with Gasteiger partial charge in [0.15, 0.2) is 0 Å². The molecule has 8 heteroatoms. The molecule has 1 N–H and O–H groups in total. The van der Waals surface area contributed by atoms with Crippen molar-refractivity contribution in [3.05, 3.63) is 24.3 Å². The number of nitrogens with zero attached hydrogens (tertiary/aromatic N) is 1. The molecule has 0 unspecified atom stereocenters.